The molecule has 1 aliphatic carbocycles. The Balaban J connectivity index is 0.000000205. The zero-order chi connectivity index (χ0) is 19.2. The first-order valence-corrected chi connectivity index (χ1v) is 9.50. The van der Waals surface area contributed by atoms with Crippen LogP contribution in [0.3, 0.4) is 0 Å². The van der Waals surface area contributed by atoms with E-state index < -0.39 is 0 Å². The smallest absolute Gasteiger partial charge is 0.0277 e. The van der Waals surface area contributed by atoms with Crippen molar-refractivity contribution in [2.24, 2.45) is 10.7 Å². The number of benzene rings is 2. The largest absolute Gasteiger partial charge is 0.405 e. The van der Waals surface area contributed by atoms with Crippen molar-refractivity contribution >= 4 is 6.21 Å². The molecule has 0 radical (unpaired) electrons. The average Bonchev–Trinajstić information content (AvgIpc) is 2.68. The maximum atomic E-state index is 4.94. The number of aliphatic imine (C=N–C) groups is 1. The lowest BCUT2D eigenvalue weighted by Crippen LogP contribution is -2.01. The third-order valence-electron chi connectivity index (χ3n) is 4.32. The molecule has 0 aromatic heterocycles. The van der Waals surface area contributed by atoms with Crippen LogP contribution in [-0.4, -0.2) is 13.3 Å². The maximum Gasteiger partial charge on any atom is 0.0277 e. The molecule has 0 saturated heterocycles. The minimum atomic E-state index is 0.659. The maximum absolute atomic E-state index is 4.94. The van der Waals surface area contributed by atoms with E-state index in [9.17, 15) is 0 Å². The quantitative estimate of drug-likeness (QED) is 0.679. The van der Waals surface area contributed by atoms with Gasteiger partial charge in [-0.3, -0.25) is 4.99 Å². The van der Waals surface area contributed by atoms with Crippen LogP contribution in [0.15, 0.2) is 65.8 Å². The van der Waals surface area contributed by atoms with E-state index in [0.29, 0.717) is 5.92 Å². The van der Waals surface area contributed by atoms with Gasteiger partial charge in [-0.15, -0.1) is 0 Å². The highest BCUT2D eigenvalue weighted by molar-refractivity contribution is 5.70. The van der Waals surface area contributed by atoms with E-state index in [4.69, 9.17) is 5.73 Å². The lowest BCUT2D eigenvalue weighted by molar-refractivity contribution is 0.685. The van der Waals surface area contributed by atoms with E-state index in [0.717, 1.165) is 0 Å². The zero-order valence-corrected chi connectivity index (χ0v) is 16.8. The minimum absolute atomic E-state index is 0.659. The van der Waals surface area contributed by atoms with Gasteiger partial charge in [0.25, 0.3) is 0 Å². The molecule has 0 atom stereocenters. The predicted molar refractivity (Wildman–Crippen MR) is 116 cm³/mol. The number of nitrogens with two attached hydrogens (primary N) is 1. The molecule has 2 heteroatoms. The fraction of sp³-hybridized carbons (Fsp3) is 0.375. The van der Waals surface area contributed by atoms with E-state index >= 15 is 0 Å². The van der Waals surface area contributed by atoms with Gasteiger partial charge in [-0.25, -0.2) is 0 Å². The number of aryl methyl sites for hydroxylation is 3. The Morgan fingerprint density at radius 2 is 1.62 bits per heavy atom. The van der Waals surface area contributed by atoms with Crippen molar-refractivity contribution in [1.82, 2.24) is 0 Å². The van der Waals surface area contributed by atoms with E-state index in [-0.39, 0.29) is 0 Å². The first kappa shape index (κ1) is 21.7. The second-order valence-electron chi connectivity index (χ2n) is 6.84. The molecule has 3 rings (SSSR count). The Morgan fingerprint density at radius 3 is 2.12 bits per heavy atom. The number of nitrogens with zero attached hydrogens (tertiary/aromatic N) is 1. The van der Waals surface area contributed by atoms with Gasteiger partial charge in [0.2, 0.25) is 0 Å². The second-order valence-corrected chi connectivity index (χ2v) is 6.84. The molecule has 0 unspecified atom stereocenters. The van der Waals surface area contributed by atoms with Gasteiger partial charge < -0.3 is 5.73 Å². The molecule has 1 aliphatic rings. The highest BCUT2D eigenvalue weighted by atomic mass is 14.6. The Labute approximate surface area is 159 Å². The molecule has 140 valence electrons. The van der Waals surface area contributed by atoms with Crippen molar-refractivity contribution < 1.29 is 0 Å². The summed E-state index contributed by atoms with van der Waals surface area (Å²) in [5, 5.41) is 0. The van der Waals surface area contributed by atoms with E-state index in [2.05, 4.69) is 68.2 Å². The monoisotopic (exact) mass is 350 g/mol. The van der Waals surface area contributed by atoms with Gasteiger partial charge in [-0.05, 0) is 67.5 Å². The molecule has 2 aromatic carbocycles. The van der Waals surface area contributed by atoms with Gasteiger partial charge in [-0.2, -0.15) is 0 Å². The molecule has 0 aliphatic heterocycles. The topological polar surface area (TPSA) is 38.4 Å². The fourth-order valence-corrected chi connectivity index (χ4v) is 2.84. The highest BCUT2D eigenvalue weighted by Gasteiger charge is 2.07. The van der Waals surface area contributed by atoms with Crippen molar-refractivity contribution in [1.29, 1.82) is 0 Å². The molecule has 0 amide bonds. The predicted octanol–water partition coefficient (Wildman–Crippen LogP) is 5.84. The lowest BCUT2D eigenvalue weighted by Gasteiger charge is -2.15. The van der Waals surface area contributed by atoms with E-state index in [1.807, 2.05) is 6.07 Å². The molecule has 0 spiro atoms. The van der Waals surface area contributed by atoms with Crippen LogP contribution in [0.4, 0.5) is 0 Å². The molecular formula is C24H34N2. The van der Waals surface area contributed by atoms with Crippen LogP contribution in [0.1, 0.15) is 54.9 Å². The summed E-state index contributed by atoms with van der Waals surface area (Å²) in [5.41, 5.74) is 10.9. The molecular weight excluding hydrogens is 316 g/mol. The summed E-state index contributed by atoms with van der Waals surface area (Å²) in [4.78, 5) is 3.63. The first-order chi connectivity index (χ1) is 12.6. The molecule has 2 aromatic rings. The van der Waals surface area contributed by atoms with Gasteiger partial charge in [0, 0.05) is 13.3 Å². The summed E-state index contributed by atoms with van der Waals surface area (Å²) >= 11 is 0. The Morgan fingerprint density at radius 1 is 0.962 bits per heavy atom. The number of rotatable bonds is 2. The van der Waals surface area contributed by atoms with Crippen molar-refractivity contribution in [2.75, 3.05) is 7.05 Å². The van der Waals surface area contributed by atoms with Gasteiger partial charge in [0.1, 0.15) is 0 Å². The van der Waals surface area contributed by atoms with Crippen molar-refractivity contribution in [3.8, 4) is 0 Å². The molecule has 26 heavy (non-hydrogen) atoms. The second kappa shape index (κ2) is 12.9. The Kier molecular flexibility index (Phi) is 10.8. The summed E-state index contributed by atoms with van der Waals surface area (Å²) in [6.07, 6.45) is 10.1. The minimum Gasteiger partial charge on any atom is -0.405 e. The molecule has 2 nitrogen and oxygen atoms in total. The summed E-state index contributed by atoms with van der Waals surface area (Å²) in [6.45, 7) is 6.58. The molecule has 0 heterocycles. The summed E-state index contributed by atoms with van der Waals surface area (Å²) < 4.78 is 0. The lowest BCUT2D eigenvalue weighted by atomic mass is 9.91. The molecule has 0 fully saturated rings. The third kappa shape index (κ3) is 8.66. The SMILES string of the molecule is CC(C)c1ccccc1.CN=C/C=C\N.Cc1ccc2c(c1)CCCC2. The van der Waals surface area contributed by atoms with Gasteiger partial charge >= 0.3 is 0 Å². The van der Waals surface area contributed by atoms with Gasteiger partial charge in [0.05, 0.1) is 0 Å². The van der Waals surface area contributed by atoms with E-state index in [1.165, 1.54) is 43.0 Å². The molecule has 2 N–H and O–H groups in total. The summed E-state index contributed by atoms with van der Waals surface area (Å²) in [6, 6.07) is 17.4. The van der Waals surface area contributed by atoms with Gasteiger partial charge in [0.15, 0.2) is 0 Å². The normalized spacial score (nSPS) is 13.0. The molecule has 0 bridgehead atoms. The highest BCUT2D eigenvalue weighted by Crippen LogP contribution is 2.21. The standard InChI is InChI=1S/C11H14.C9H12.C4H8N2/c1-9-6-7-10-4-2-3-5-11(10)8-9;1-8(2)9-6-4-3-5-7-9;1-6-4-2-3-5/h6-8H,2-5H2,1H3;3-8H,1-2H3;2-4H,5H2,1H3/b;;3-2-,6-4?. The van der Waals surface area contributed by atoms with E-state index in [1.54, 1.807) is 30.5 Å². The summed E-state index contributed by atoms with van der Waals surface area (Å²) in [5.74, 6) is 0.659. The van der Waals surface area contributed by atoms with Crippen LogP contribution < -0.4 is 5.73 Å². The van der Waals surface area contributed by atoms with Crippen molar-refractivity contribution in [3.63, 3.8) is 0 Å². The van der Waals surface area contributed by atoms with Crippen LogP contribution >= 0.6 is 0 Å². The van der Waals surface area contributed by atoms with Crippen molar-refractivity contribution in [2.45, 2.75) is 52.4 Å². The number of allylic oxidation sites excluding steroid dienone is 1. The average molecular weight is 351 g/mol. The Hall–Kier alpha value is -2.35. The fourth-order valence-electron chi connectivity index (χ4n) is 2.84. The van der Waals surface area contributed by atoms with Crippen molar-refractivity contribution in [3.05, 3.63) is 83.1 Å². The Bertz CT molecular complexity index is 660. The van der Waals surface area contributed by atoms with Gasteiger partial charge in [-0.1, -0.05) is 67.9 Å². The first-order valence-electron chi connectivity index (χ1n) is 9.50. The number of hydrogen-bond acceptors (Lipinski definition) is 2. The van der Waals surface area contributed by atoms with Crippen LogP contribution in [-0.2, 0) is 12.8 Å². The third-order valence-corrected chi connectivity index (χ3v) is 4.32. The summed E-state index contributed by atoms with van der Waals surface area (Å²) in [7, 11) is 1.69. The molecule has 0 saturated carbocycles. The van der Waals surface area contributed by atoms with Crippen LogP contribution in [0.2, 0.25) is 0 Å². The zero-order valence-electron chi connectivity index (χ0n) is 16.8. The number of hydrogen-bond donors (Lipinski definition) is 1. The number of fused-ring (bicyclic) bond motifs is 1. The van der Waals surface area contributed by atoms with Crippen LogP contribution in [0, 0.1) is 6.92 Å². The van der Waals surface area contributed by atoms with Crippen LogP contribution in [0.5, 0.6) is 0 Å². The van der Waals surface area contributed by atoms with Crippen LogP contribution in [0.25, 0.3) is 0 Å².